The molecule has 2 heteroatoms. The zero-order valence-corrected chi connectivity index (χ0v) is 7.94. The molecule has 1 aliphatic carbocycles. The lowest BCUT2D eigenvalue weighted by Gasteiger charge is -2.29. The molecule has 0 bridgehead atoms. The average Bonchev–Trinajstić information content (AvgIpc) is 2.17. The largest absolute Gasteiger partial charge is 0.373 e. The molecule has 0 amide bonds. The monoisotopic (exact) mass is 186 g/mol. The quantitative estimate of drug-likeness (QED) is 0.726. The van der Waals surface area contributed by atoms with Crippen molar-refractivity contribution < 1.29 is 4.74 Å². The van der Waals surface area contributed by atoms with E-state index in [-0.39, 0.29) is 6.10 Å². The van der Waals surface area contributed by atoms with Gasteiger partial charge in [-0.25, -0.2) is 0 Å². The minimum atomic E-state index is 0.268. The normalized spacial score (nSPS) is 17.4. The maximum absolute atomic E-state index is 8.55. The topological polar surface area (TPSA) is 33.0 Å². The van der Waals surface area contributed by atoms with Gasteiger partial charge in [-0.15, -0.1) is 0 Å². The van der Waals surface area contributed by atoms with Gasteiger partial charge in [-0.3, -0.25) is 0 Å². The van der Waals surface area contributed by atoms with Gasteiger partial charge in [0.1, 0.15) is 0 Å². The highest BCUT2D eigenvalue weighted by atomic mass is 16.5. The minimum absolute atomic E-state index is 0.268. The van der Waals surface area contributed by atoms with Gasteiger partial charge in [-0.1, -0.05) is 30.3 Å². The van der Waals surface area contributed by atoms with Gasteiger partial charge in [0.25, 0.3) is 0 Å². The molecule has 0 aliphatic heterocycles. The molecule has 0 saturated heterocycles. The van der Waals surface area contributed by atoms with Crippen LogP contribution in [0.15, 0.2) is 30.3 Å². The van der Waals surface area contributed by atoms with Crippen LogP contribution in [0.3, 0.4) is 0 Å². The highest BCUT2D eigenvalue weighted by molar-refractivity contribution is 5.20. The van der Waals surface area contributed by atoms with Crippen LogP contribution in [0.5, 0.6) is 0 Å². The van der Waals surface area contributed by atoms with Crippen LogP contribution in [0.2, 0.25) is 0 Å². The molecule has 0 unspecified atom stereocenters. The Morgan fingerprint density at radius 3 is 2.64 bits per heavy atom. The molecule has 0 aromatic heterocycles. The fourth-order valence-corrected chi connectivity index (χ4v) is 1.49. The lowest BCUT2D eigenvalue weighted by molar-refractivity contribution is 0.00749. The molecule has 0 atom stereocenters. The van der Waals surface area contributed by atoms with Crippen LogP contribution in [-0.2, 0) is 11.3 Å². The van der Waals surface area contributed by atoms with Crippen molar-refractivity contribution in [1.29, 1.82) is 5.26 Å². The van der Waals surface area contributed by atoms with E-state index < -0.39 is 0 Å². The van der Waals surface area contributed by atoms with Crippen molar-refractivity contribution >= 4 is 0 Å². The maximum atomic E-state index is 8.55. The summed E-state index contributed by atoms with van der Waals surface area (Å²) in [7, 11) is 0. The predicted octanol–water partition coefficient (Wildman–Crippen LogP) is 2.46. The zero-order chi connectivity index (χ0) is 9.80. The van der Waals surface area contributed by atoms with Crippen molar-refractivity contribution in [2.75, 3.05) is 0 Å². The van der Waals surface area contributed by atoms with Crippen molar-refractivity contribution in [3.05, 3.63) is 41.8 Å². The van der Waals surface area contributed by atoms with E-state index >= 15 is 0 Å². The molecule has 1 aromatic carbocycles. The molecular weight excluding hydrogens is 174 g/mol. The van der Waals surface area contributed by atoms with E-state index in [0.29, 0.717) is 6.61 Å². The molecule has 1 aromatic rings. The summed E-state index contributed by atoms with van der Waals surface area (Å²) >= 11 is 0. The third-order valence-corrected chi connectivity index (χ3v) is 2.43. The number of ether oxygens (including phenoxy) is 1. The number of benzene rings is 1. The Hall–Kier alpha value is -1.33. The molecule has 1 saturated carbocycles. The highest BCUT2D eigenvalue weighted by Gasteiger charge is 2.30. The van der Waals surface area contributed by atoms with Crippen LogP contribution in [0.25, 0.3) is 0 Å². The number of rotatable bonds is 3. The van der Waals surface area contributed by atoms with Gasteiger partial charge in [0, 0.05) is 0 Å². The third kappa shape index (κ3) is 2.12. The van der Waals surface area contributed by atoms with Gasteiger partial charge in [0.15, 0.2) is 0 Å². The van der Waals surface area contributed by atoms with Crippen molar-refractivity contribution in [2.45, 2.75) is 25.6 Å². The van der Waals surface area contributed by atoms with Crippen LogP contribution in [-0.4, -0.2) is 6.10 Å². The summed E-state index contributed by atoms with van der Waals surface area (Å²) in [4.78, 5) is 0. The Morgan fingerprint density at radius 2 is 2.00 bits per heavy atom. The number of hydrogen-bond donors (Lipinski definition) is 0. The fourth-order valence-electron chi connectivity index (χ4n) is 1.49. The number of nitrogens with zero attached hydrogens (tertiary/aromatic N) is 1. The molecule has 14 heavy (non-hydrogen) atoms. The van der Waals surface area contributed by atoms with E-state index in [9.17, 15) is 0 Å². The molecule has 1 aliphatic rings. The van der Waals surface area contributed by atoms with Gasteiger partial charge in [0.2, 0.25) is 0 Å². The van der Waals surface area contributed by atoms with Crippen molar-refractivity contribution in [3.8, 4) is 6.07 Å². The van der Waals surface area contributed by atoms with Crippen LogP contribution in [0.1, 0.15) is 18.4 Å². The summed E-state index contributed by atoms with van der Waals surface area (Å²) in [5.41, 5.74) is 1.19. The zero-order valence-electron chi connectivity index (χ0n) is 7.94. The Labute approximate surface area is 84.1 Å². The summed E-state index contributed by atoms with van der Waals surface area (Å²) in [5.74, 6) is 0.961. The van der Waals surface area contributed by atoms with Gasteiger partial charge < -0.3 is 4.74 Å². The lowest BCUT2D eigenvalue weighted by Crippen LogP contribution is -2.28. The molecule has 2 nitrogen and oxygen atoms in total. The van der Waals surface area contributed by atoms with E-state index in [1.54, 1.807) is 0 Å². The van der Waals surface area contributed by atoms with Crippen LogP contribution in [0.4, 0.5) is 0 Å². The first-order valence-corrected chi connectivity index (χ1v) is 4.79. The van der Waals surface area contributed by atoms with E-state index in [0.717, 1.165) is 18.8 Å². The van der Waals surface area contributed by atoms with Crippen molar-refractivity contribution in [2.24, 2.45) is 0 Å². The van der Waals surface area contributed by atoms with Crippen LogP contribution >= 0.6 is 0 Å². The molecule has 2 rings (SSSR count). The number of hydrogen-bond acceptors (Lipinski definition) is 2. The van der Waals surface area contributed by atoms with Crippen LogP contribution < -0.4 is 0 Å². The van der Waals surface area contributed by atoms with Crippen LogP contribution in [0, 0.1) is 17.2 Å². The molecular formula is C12H12NO. The molecule has 0 heterocycles. The van der Waals surface area contributed by atoms with E-state index in [2.05, 4.69) is 6.07 Å². The SMILES string of the molecule is N#C[C]1CC(OCc2ccccc2)C1. The Morgan fingerprint density at radius 1 is 1.29 bits per heavy atom. The third-order valence-electron chi connectivity index (χ3n) is 2.43. The molecule has 0 N–H and O–H groups in total. The second-order valence-electron chi connectivity index (χ2n) is 3.54. The molecule has 1 fully saturated rings. The predicted molar refractivity (Wildman–Crippen MR) is 53.1 cm³/mol. The Kier molecular flexibility index (Phi) is 2.81. The van der Waals surface area contributed by atoms with Crippen molar-refractivity contribution in [3.63, 3.8) is 0 Å². The van der Waals surface area contributed by atoms with Gasteiger partial charge >= 0.3 is 0 Å². The van der Waals surface area contributed by atoms with Crippen molar-refractivity contribution in [1.82, 2.24) is 0 Å². The lowest BCUT2D eigenvalue weighted by atomic mass is 9.83. The Bertz CT molecular complexity index is 322. The smallest absolute Gasteiger partial charge is 0.0811 e. The summed E-state index contributed by atoms with van der Waals surface area (Å²) in [5, 5.41) is 8.55. The van der Waals surface area contributed by atoms with E-state index in [1.807, 2.05) is 30.3 Å². The average molecular weight is 186 g/mol. The standard InChI is InChI=1S/C12H12NO/c13-8-11-6-12(7-11)14-9-10-4-2-1-3-5-10/h1-5,12H,6-7,9H2. The Balaban J connectivity index is 1.72. The first-order chi connectivity index (χ1) is 6.88. The maximum Gasteiger partial charge on any atom is 0.0811 e. The minimum Gasteiger partial charge on any atom is -0.373 e. The summed E-state index contributed by atoms with van der Waals surface area (Å²) in [6, 6.07) is 12.3. The molecule has 71 valence electrons. The van der Waals surface area contributed by atoms with Gasteiger partial charge in [0.05, 0.1) is 24.7 Å². The first-order valence-electron chi connectivity index (χ1n) is 4.79. The molecule has 1 radical (unpaired) electrons. The van der Waals surface area contributed by atoms with Gasteiger partial charge in [-0.05, 0) is 18.4 Å². The fraction of sp³-hybridized carbons (Fsp3) is 0.333. The first kappa shape index (κ1) is 9.23. The van der Waals surface area contributed by atoms with E-state index in [4.69, 9.17) is 10.00 Å². The summed E-state index contributed by atoms with van der Waals surface area (Å²) in [6.07, 6.45) is 1.91. The second-order valence-corrected chi connectivity index (χ2v) is 3.54. The summed E-state index contributed by atoms with van der Waals surface area (Å²) < 4.78 is 5.62. The summed E-state index contributed by atoms with van der Waals surface area (Å²) in [6.45, 7) is 0.657. The van der Waals surface area contributed by atoms with E-state index in [1.165, 1.54) is 5.56 Å². The second kappa shape index (κ2) is 4.26. The highest BCUT2D eigenvalue weighted by Crippen LogP contribution is 2.31. The number of nitriles is 1. The molecule has 0 spiro atoms. The van der Waals surface area contributed by atoms with Gasteiger partial charge in [-0.2, -0.15) is 5.26 Å².